The van der Waals surface area contributed by atoms with Gasteiger partial charge in [0.1, 0.15) is 11.1 Å². The molecule has 0 saturated heterocycles. The van der Waals surface area contributed by atoms with Crippen LogP contribution in [0.3, 0.4) is 0 Å². The fourth-order valence-corrected chi connectivity index (χ4v) is 2.03. The SMILES string of the molecule is CCOc1ccc2[nH]cc(C(=O)NCC(O)COC)c(=O)c2n1. The van der Waals surface area contributed by atoms with Gasteiger partial charge in [-0.15, -0.1) is 0 Å². The third kappa shape index (κ3) is 4.05. The van der Waals surface area contributed by atoms with Gasteiger partial charge in [-0.2, -0.15) is 0 Å². The van der Waals surface area contributed by atoms with Gasteiger partial charge in [0.05, 0.1) is 24.8 Å². The van der Waals surface area contributed by atoms with Crippen molar-refractivity contribution < 1.29 is 19.4 Å². The Bertz CT molecular complexity index is 743. The maximum Gasteiger partial charge on any atom is 0.256 e. The van der Waals surface area contributed by atoms with Crippen LogP contribution in [0, 0.1) is 0 Å². The summed E-state index contributed by atoms with van der Waals surface area (Å²) in [5.41, 5.74) is 0.0535. The molecule has 2 aromatic rings. The van der Waals surface area contributed by atoms with E-state index in [9.17, 15) is 14.7 Å². The number of aromatic amines is 1. The number of aliphatic hydroxyl groups is 1. The van der Waals surface area contributed by atoms with Crippen molar-refractivity contribution in [2.24, 2.45) is 0 Å². The van der Waals surface area contributed by atoms with Crippen LogP contribution in [0.2, 0.25) is 0 Å². The minimum Gasteiger partial charge on any atom is -0.478 e. The molecule has 0 aliphatic carbocycles. The average Bonchev–Trinajstić information content (AvgIpc) is 2.54. The van der Waals surface area contributed by atoms with Crippen molar-refractivity contribution in [3.8, 4) is 5.88 Å². The van der Waals surface area contributed by atoms with Crippen LogP contribution in [0.4, 0.5) is 0 Å². The van der Waals surface area contributed by atoms with Crippen molar-refractivity contribution in [2.45, 2.75) is 13.0 Å². The van der Waals surface area contributed by atoms with Gasteiger partial charge in [-0.3, -0.25) is 9.59 Å². The van der Waals surface area contributed by atoms with Gasteiger partial charge in [0, 0.05) is 25.9 Å². The third-order valence-corrected chi connectivity index (χ3v) is 3.10. The van der Waals surface area contributed by atoms with E-state index in [0.29, 0.717) is 18.0 Å². The first-order valence-corrected chi connectivity index (χ1v) is 7.17. The lowest BCUT2D eigenvalue weighted by molar-refractivity contribution is 0.0609. The smallest absolute Gasteiger partial charge is 0.256 e. The van der Waals surface area contributed by atoms with Gasteiger partial charge in [0.25, 0.3) is 5.91 Å². The summed E-state index contributed by atoms with van der Waals surface area (Å²) >= 11 is 0. The molecule has 0 aliphatic rings. The van der Waals surface area contributed by atoms with Crippen molar-refractivity contribution in [2.75, 3.05) is 26.9 Å². The molecule has 0 spiro atoms. The number of hydrogen-bond acceptors (Lipinski definition) is 6. The number of methoxy groups -OCH3 is 1. The molecular formula is C15H19N3O5. The minimum absolute atomic E-state index is 0.0173. The fourth-order valence-electron chi connectivity index (χ4n) is 2.03. The van der Waals surface area contributed by atoms with Crippen molar-refractivity contribution in [3.63, 3.8) is 0 Å². The molecule has 8 heteroatoms. The van der Waals surface area contributed by atoms with E-state index in [2.05, 4.69) is 15.3 Å². The van der Waals surface area contributed by atoms with Crippen LogP contribution < -0.4 is 15.5 Å². The van der Waals surface area contributed by atoms with E-state index in [4.69, 9.17) is 9.47 Å². The molecule has 8 nitrogen and oxygen atoms in total. The van der Waals surface area contributed by atoms with Gasteiger partial charge >= 0.3 is 0 Å². The van der Waals surface area contributed by atoms with Crippen LogP contribution in [-0.2, 0) is 4.74 Å². The quantitative estimate of drug-likeness (QED) is 0.664. The summed E-state index contributed by atoms with van der Waals surface area (Å²) in [6.07, 6.45) is 0.483. The van der Waals surface area contributed by atoms with Crippen molar-refractivity contribution in [1.82, 2.24) is 15.3 Å². The zero-order valence-corrected chi connectivity index (χ0v) is 13.0. The van der Waals surface area contributed by atoms with Crippen LogP contribution >= 0.6 is 0 Å². The Morgan fingerprint density at radius 2 is 2.26 bits per heavy atom. The number of carbonyl (C=O) groups excluding carboxylic acids is 1. The van der Waals surface area contributed by atoms with Crippen molar-refractivity contribution in [1.29, 1.82) is 0 Å². The van der Waals surface area contributed by atoms with E-state index in [1.165, 1.54) is 13.3 Å². The molecular weight excluding hydrogens is 302 g/mol. The molecule has 2 heterocycles. The lowest BCUT2D eigenvalue weighted by atomic mass is 10.2. The Morgan fingerprint density at radius 3 is 2.96 bits per heavy atom. The highest BCUT2D eigenvalue weighted by molar-refractivity contribution is 5.96. The highest BCUT2D eigenvalue weighted by Crippen LogP contribution is 2.12. The lowest BCUT2D eigenvalue weighted by Crippen LogP contribution is -2.36. The van der Waals surface area contributed by atoms with Crippen LogP contribution in [0.5, 0.6) is 5.88 Å². The van der Waals surface area contributed by atoms with Gasteiger partial charge in [-0.05, 0) is 13.0 Å². The largest absolute Gasteiger partial charge is 0.478 e. The van der Waals surface area contributed by atoms with Gasteiger partial charge in [0.15, 0.2) is 0 Å². The highest BCUT2D eigenvalue weighted by Gasteiger charge is 2.15. The van der Waals surface area contributed by atoms with E-state index < -0.39 is 17.4 Å². The number of carbonyl (C=O) groups is 1. The molecule has 2 rings (SSSR count). The molecule has 124 valence electrons. The number of ether oxygens (including phenoxy) is 2. The molecule has 3 N–H and O–H groups in total. The third-order valence-electron chi connectivity index (χ3n) is 3.10. The minimum atomic E-state index is -0.842. The Morgan fingerprint density at radius 1 is 1.48 bits per heavy atom. The zero-order valence-electron chi connectivity index (χ0n) is 13.0. The van der Waals surface area contributed by atoms with Crippen LogP contribution in [0.15, 0.2) is 23.1 Å². The first-order chi connectivity index (χ1) is 11.1. The zero-order chi connectivity index (χ0) is 16.8. The molecule has 0 aromatic carbocycles. The number of H-pyrrole nitrogens is 1. The van der Waals surface area contributed by atoms with Crippen LogP contribution in [-0.4, -0.2) is 54.0 Å². The Labute approximate surface area is 132 Å². The number of rotatable bonds is 7. The first-order valence-electron chi connectivity index (χ1n) is 7.17. The van der Waals surface area contributed by atoms with Gasteiger partial charge in [-0.1, -0.05) is 0 Å². The molecule has 23 heavy (non-hydrogen) atoms. The Hall–Kier alpha value is -2.45. The van der Waals surface area contributed by atoms with Crippen molar-refractivity contribution in [3.05, 3.63) is 34.1 Å². The van der Waals surface area contributed by atoms with E-state index in [1.807, 2.05) is 6.92 Å². The molecule has 0 aliphatic heterocycles. The number of aromatic nitrogens is 2. The molecule has 0 bridgehead atoms. The maximum atomic E-state index is 12.4. The van der Waals surface area contributed by atoms with E-state index in [1.54, 1.807) is 12.1 Å². The number of amides is 1. The molecule has 1 atom stereocenters. The molecule has 1 unspecified atom stereocenters. The second kappa shape index (κ2) is 7.70. The maximum absolute atomic E-state index is 12.4. The number of nitrogens with zero attached hydrogens (tertiary/aromatic N) is 1. The van der Waals surface area contributed by atoms with Crippen LogP contribution in [0.1, 0.15) is 17.3 Å². The second-order valence-corrected chi connectivity index (χ2v) is 4.83. The predicted octanol–water partition coefficient (Wildman–Crippen LogP) is 0.0589. The monoisotopic (exact) mass is 321 g/mol. The second-order valence-electron chi connectivity index (χ2n) is 4.83. The number of nitrogens with one attached hydrogen (secondary N) is 2. The average molecular weight is 321 g/mol. The molecule has 0 radical (unpaired) electrons. The number of pyridine rings is 2. The Balaban J connectivity index is 2.25. The summed E-state index contributed by atoms with van der Waals surface area (Å²) < 4.78 is 10.0. The summed E-state index contributed by atoms with van der Waals surface area (Å²) in [5.74, 6) is -0.273. The van der Waals surface area contributed by atoms with E-state index >= 15 is 0 Å². The summed E-state index contributed by atoms with van der Waals surface area (Å²) in [6, 6.07) is 3.31. The highest BCUT2D eigenvalue weighted by atomic mass is 16.5. The lowest BCUT2D eigenvalue weighted by Gasteiger charge is -2.10. The van der Waals surface area contributed by atoms with E-state index in [0.717, 1.165) is 0 Å². The van der Waals surface area contributed by atoms with Crippen LogP contribution in [0.25, 0.3) is 11.0 Å². The van der Waals surface area contributed by atoms with E-state index in [-0.39, 0.29) is 24.2 Å². The fraction of sp³-hybridized carbons (Fsp3) is 0.400. The topological polar surface area (TPSA) is 114 Å². The summed E-state index contributed by atoms with van der Waals surface area (Å²) in [6.45, 7) is 2.31. The summed E-state index contributed by atoms with van der Waals surface area (Å²) in [7, 11) is 1.45. The normalized spacial score (nSPS) is 12.1. The number of aliphatic hydroxyl groups excluding tert-OH is 1. The Kier molecular flexibility index (Phi) is 5.67. The number of hydrogen-bond donors (Lipinski definition) is 3. The van der Waals surface area contributed by atoms with Gasteiger partial charge in [0.2, 0.25) is 11.3 Å². The first kappa shape index (κ1) is 16.9. The van der Waals surface area contributed by atoms with Gasteiger partial charge in [-0.25, -0.2) is 4.98 Å². The summed E-state index contributed by atoms with van der Waals surface area (Å²) in [5, 5.41) is 12.0. The molecule has 2 aromatic heterocycles. The van der Waals surface area contributed by atoms with Crippen molar-refractivity contribution >= 4 is 16.9 Å². The standard InChI is InChI=1S/C15H19N3O5/c1-3-23-12-5-4-11-13(18-12)14(20)10(7-16-11)15(21)17-6-9(19)8-22-2/h4-5,7,9,19H,3,6,8H2,1-2H3,(H,16,20)(H,17,21). The summed E-state index contributed by atoms with van der Waals surface area (Å²) in [4.78, 5) is 31.5. The predicted molar refractivity (Wildman–Crippen MR) is 83.7 cm³/mol. The molecule has 1 amide bonds. The molecule has 0 saturated carbocycles. The number of fused-ring (bicyclic) bond motifs is 1. The van der Waals surface area contributed by atoms with Gasteiger partial charge < -0.3 is 24.9 Å². The molecule has 0 fully saturated rings.